The van der Waals surface area contributed by atoms with Gasteiger partial charge in [-0.25, -0.2) is 0 Å². The molecule has 1 saturated carbocycles. The van der Waals surface area contributed by atoms with Crippen molar-refractivity contribution in [3.8, 4) is 0 Å². The highest BCUT2D eigenvalue weighted by molar-refractivity contribution is 6.06. The molecule has 0 aromatic carbocycles. The number of amides is 2. The monoisotopic (exact) mass is 415 g/mol. The number of hydrogen-bond acceptors (Lipinski definition) is 4. The number of carbonyl (C=O) groups is 2. The molecule has 2 amide bonds. The van der Waals surface area contributed by atoms with E-state index in [4.69, 9.17) is 4.99 Å². The molecule has 6 atom stereocenters. The number of hydrogen-bond donors (Lipinski definition) is 2. The van der Waals surface area contributed by atoms with Crippen LogP contribution in [0.15, 0.2) is 17.1 Å². The second-order valence-corrected chi connectivity index (χ2v) is 9.72. The number of nitrogens with zero attached hydrogens (tertiary/aromatic N) is 3. The predicted molar refractivity (Wildman–Crippen MR) is 118 cm³/mol. The molecular weight excluding hydrogens is 378 g/mol. The average molecular weight is 416 g/mol. The van der Waals surface area contributed by atoms with E-state index in [0.29, 0.717) is 13.1 Å². The maximum atomic E-state index is 12.8. The minimum atomic E-state index is -0.108. The van der Waals surface area contributed by atoms with Gasteiger partial charge in [0.1, 0.15) is 0 Å². The zero-order valence-corrected chi connectivity index (χ0v) is 18.6. The first-order valence-electron chi connectivity index (χ1n) is 11.8. The van der Waals surface area contributed by atoms with Crippen LogP contribution in [0.5, 0.6) is 0 Å². The minimum absolute atomic E-state index is 0.0268. The number of piperidine rings is 1. The molecule has 4 aliphatic rings. The maximum Gasteiger partial charge on any atom is 0.233 e. The molecule has 0 aromatic rings. The molecule has 30 heavy (non-hydrogen) atoms. The molecule has 2 heterocycles. The Labute approximate surface area is 180 Å². The Morgan fingerprint density at radius 1 is 1.00 bits per heavy atom. The van der Waals surface area contributed by atoms with Crippen LogP contribution in [0.2, 0.25) is 0 Å². The summed E-state index contributed by atoms with van der Waals surface area (Å²) in [6.45, 7) is 12.4. The zero-order chi connectivity index (χ0) is 21.3. The number of aliphatic imine (C=N–C) groups is 1. The first kappa shape index (κ1) is 21.3. The lowest BCUT2D eigenvalue weighted by atomic mass is 9.85. The fourth-order valence-electron chi connectivity index (χ4n) is 6.09. The van der Waals surface area contributed by atoms with E-state index in [1.165, 1.54) is 11.3 Å². The number of rotatable bonds is 7. The number of guanidine groups is 1. The van der Waals surface area contributed by atoms with E-state index in [2.05, 4.69) is 41.5 Å². The van der Waals surface area contributed by atoms with Crippen molar-refractivity contribution in [1.82, 2.24) is 20.4 Å². The van der Waals surface area contributed by atoms with E-state index in [1.807, 2.05) is 6.92 Å². The molecule has 2 bridgehead atoms. The average Bonchev–Trinajstić information content (AvgIpc) is 3.37. The van der Waals surface area contributed by atoms with Crippen molar-refractivity contribution in [2.45, 2.75) is 33.6 Å². The molecule has 2 saturated heterocycles. The fraction of sp³-hybridized carbons (Fsp3) is 0.783. The largest absolute Gasteiger partial charge is 0.357 e. The van der Waals surface area contributed by atoms with E-state index >= 15 is 0 Å². The molecule has 4 rings (SSSR count). The third-order valence-corrected chi connectivity index (χ3v) is 7.16. The van der Waals surface area contributed by atoms with Crippen molar-refractivity contribution < 1.29 is 9.59 Å². The molecule has 0 aromatic heterocycles. The molecule has 2 N–H and O–H groups in total. The van der Waals surface area contributed by atoms with E-state index in [-0.39, 0.29) is 35.5 Å². The fourth-order valence-corrected chi connectivity index (χ4v) is 6.09. The highest BCUT2D eigenvalue weighted by Gasteiger charge is 2.58. The molecule has 0 radical (unpaired) electrons. The Morgan fingerprint density at radius 3 is 2.23 bits per heavy atom. The van der Waals surface area contributed by atoms with Crippen LogP contribution in [0.1, 0.15) is 33.6 Å². The van der Waals surface area contributed by atoms with Crippen molar-refractivity contribution in [3.63, 3.8) is 0 Å². The topological polar surface area (TPSA) is 77.0 Å². The summed E-state index contributed by atoms with van der Waals surface area (Å²) < 4.78 is 0. The van der Waals surface area contributed by atoms with Crippen molar-refractivity contribution in [1.29, 1.82) is 0 Å². The minimum Gasteiger partial charge on any atom is -0.357 e. The summed E-state index contributed by atoms with van der Waals surface area (Å²) in [6.07, 6.45) is 6.57. The molecule has 6 unspecified atom stereocenters. The van der Waals surface area contributed by atoms with Gasteiger partial charge in [0.15, 0.2) is 5.96 Å². The number of imide groups is 1. The van der Waals surface area contributed by atoms with Crippen molar-refractivity contribution in [3.05, 3.63) is 12.2 Å². The molecule has 3 fully saturated rings. The number of allylic oxidation sites excluding steroid dienone is 2. The van der Waals surface area contributed by atoms with Gasteiger partial charge in [0.25, 0.3) is 0 Å². The molecule has 7 heteroatoms. The Bertz CT molecular complexity index is 680. The van der Waals surface area contributed by atoms with Crippen LogP contribution < -0.4 is 10.6 Å². The standard InChI is InChI=1S/C23H37N5O2/c1-4-24-23(25-7-9-27-13-15(2)11-16(3)14-27)26-8-10-28-21(29)19-17-5-6-18(12-17)20(19)22(28)30/h5-6,15-20H,4,7-14H2,1-3H3,(H2,24,25,26). The van der Waals surface area contributed by atoms with Gasteiger partial charge in [-0.2, -0.15) is 0 Å². The zero-order valence-electron chi connectivity index (χ0n) is 18.6. The van der Waals surface area contributed by atoms with Gasteiger partial charge in [-0.3, -0.25) is 19.5 Å². The summed E-state index contributed by atoms with van der Waals surface area (Å²) in [7, 11) is 0. The lowest BCUT2D eigenvalue weighted by Gasteiger charge is -2.34. The summed E-state index contributed by atoms with van der Waals surface area (Å²) in [5, 5.41) is 6.58. The van der Waals surface area contributed by atoms with E-state index in [1.54, 1.807) is 0 Å². The quantitative estimate of drug-likeness (QED) is 0.284. The Kier molecular flexibility index (Phi) is 6.46. The Hall–Kier alpha value is -1.89. The van der Waals surface area contributed by atoms with Gasteiger partial charge in [-0.15, -0.1) is 0 Å². The smallest absolute Gasteiger partial charge is 0.233 e. The van der Waals surface area contributed by atoms with Crippen LogP contribution in [0, 0.1) is 35.5 Å². The summed E-state index contributed by atoms with van der Waals surface area (Å²) in [6, 6.07) is 0. The van der Waals surface area contributed by atoms with Crippen LogP contribution >= 0.6 is 0 Å². The summed E-state index contributed by atoms with van der Waals surface area (Å²) in [4.78, 5) is 34.3. The molecule has 2 aliphatic carbocycles. The Morgan fingerprint density at radius 2 is 1.63 bits per heavy atom. The number of fused-ring (bicyclic) bond motifs is 5. The van der Waals surface area contributed by atoms with E-state index in [0.717, 1.165) is 56.9 Å². The lowest BCUT2D eigenvalue weighted by molar-refractivity contribution is -0.140. The van der Waals surface area contributed by atoms with E-state index < -0.39 is 0 Å². The van der Waals surface area contributed by atoms with E-state index in [9.17, 15) is 9.59 Å². The predicted octanol–water partition coefficient (Wildman–Crippen LogP) is 1.33. The maximum absolute atomic E-state index is 12.8. The second-order valence-electron chi connectivity index (χ2n) is 9.72. The molecule has 0 spiro atoms. The third-order valence-electron chi connectivity index (χ3n) is 7.16. The number of nitrogens with one attached hydrogen (secondary N) is 2. The van der Waals surface area contributed by atoms with Gasteiger partial charge in [0, 0.05) is 39.3 Å². The molecular formula is C23H37N5O2. The van der Waals surface area contributed by atoms with Crippen LogP contribution in [-0.4, -0.2) is 73.4 Å². The molecule has 166 valence electrons. The van der Waals surface area contributed by atoms with Gasteiger partial charge in [-0.05, 0) is 43.4 Å². The van der Waals surface area contributed by atoms with Gasteiger partial charge in [-0.1, -0.05) is 26.0 Å². The van der Waals surface area contributed by atoms with Crippen molar-refractivity contribution >= 4 is 17.8 Å². The summed E-state index contributed by atoms with van der Waals surface area (Å²) >= 11 is 0. The first-order chi connectivity index (χ1) is 14.5. The van der Waals surface area contributed by atoms with Gasteiger partial charge in [0.2, 0.25) is 11.8 Å². The Balaban J connectivity index is 1.25. The normalized spacial score (nSPS) is 36.0. The SMILES string of the molecule is CCNC(=NCCN1CC(C)CC(C)C1)NCCN1C(=O)C2C3C=CC(C3)C2C1=O. The van der Waals surface area contributed by atoms with Crippen molar-refractivity contribution in [2.24, 2.45) is 40.5 Å². The van der Waals surface area contributed by atoms with Gasteiger partial charge >= 0.3 is 0 Å². The van der Waals surface area contributed by atoms with Crippen LogP contribution in [-0.2, 0) is 9.59 Å². The first-order valence-corrected chi connectivity index (χ1v) is 11.8. The molecule has 7 nitrogen and oxygen atoms in total. The highest BCUT2D eigenvalue weighted by atomic mass is 16.2. The lowest BCUT2D eigenvalue weighted by Crippen LogP contribution is -2.44. The van der Waals surface area contributed by atoms with Crippen LogP contribution in [0.25, 0.3) is 0 Å². The summed E-state index contributed by atoms with van der Waals surface area (Å²) in [5.74, 6) is 2.65. The van der Waals surface area contributed by atoms with Crippen molar-refractivity contribution in [2.75, 3.05) is 45.8 Å². The molecule has 2 aliphatic heterocycles. The summed E-state index contributed by atoms with van der Waals surface area (Å²) in [5.41, 5.74) is 0. The van der Waals surface area contributed by atoms with Crippen LogP contribution in [0.4, 0.5) is 0 Å². The highest BCUT2D eigenvalue weighted by Crippen LogP contribution is 2.52. The second kappa shape index (κ2) is 9.08. The third kappa shape index (κ3) is 4.27. The number of carbonyl (C=O) groups excluding carboxylic acids is 2. The van der Waals surface area contributed by atoms with Gasteiger partial charge in [0.05, 0.1) is 18.4 Å². The number of likely N-dealkylation sites (tertiary alicyclic amines) is 2. The van der Waals surface area contributed by atoms with Crippen LogP contribution in [0.3, 0.4) is 0 Å². The van der Waals surface area contributed by atoms with Gasteiger partial charge < -0.3 is 15.5 Å².